The number of amidine groups is 1. The molecule has 90 valence electrons. The topological polar surface area (TPSA) is 68.5 Å². The summed E-state index contributed by atoms with van der Waals surface area (Å²) < 4.78 is 0. The van der Waals surface area contributed by atoms with Crippen LogP contribution in [0.1, 0.15) is 6.42 Å². The molecule has 0 aliphatic carbocycles. The van der Waals surface area contributed by atoms with Gasteiger partial charge in [0.15, 0.2) is 0 Å². The Balaban J connectivity index is 2.72. The summed E-state index contributed by atoms with van der Waals surface area (Å²) >= 11 is 0. The normalized spacial score (nSPS) is 20.9. The van der Waals surface area contributed by atoms with Crippen LogP contribution >= 0.6 is 0 Å². The van der Waals surface area contributed by atoms with Gasteiger partial charge in [0.05, 0.1) is 11.6 Å². The maximum absolute atomic E-state index is 10.3. The van der Waals surface area contributed by atoms with Gasteiger partial charge in [-0.15, -0.1) is 0 Å². The van der Waals surface area contributed by atoms with Crippen molar-refractivity contribution in [3.05, 3.63) is 24.3 Å². The summed E-state index contributed by atoms with van der Waals surface area (Å²) in [5, 5.41) is 11.6. The molecule has 0 bridgehead atoms. The van der Waals surface area contributed by atoms with Gasteiger partial charge in [-0.05, 0) is 12.5 Å². The lowest BCUT2D eigenvalue weighted by Gasteiger charge is -2.18. The van der Waals surface area contributed by atoms with E-state index in [1.54, 1.807) is 13.1 Å². The zero-order valence-corrected chi connectivity index (χ0v) is 9.89. The Morgan fingerprint density at radius 3 is 3.00 bits per heavy atom. The fourth-order valence-corrected chi connectivity index (χ4v) is 1.77. The number of likely N-dealkylation sites (tertiary alicyclic amines) is 1. The van der Waals surface area contributed by atoms with Crippen molar-refractivity contribution in [1.82, 2.24) is 10.2 Å². The lowest BCUT2D eigenvalue weighted by atomic mass is 10.2. The predicted octanol–water partition coefficient (Wildman–Crippen LogP) is 0.471. The number of amides is 1. The van der Waals surface area contributed by atoms with Crippen LogP contribution in [-0.4, -0.2) is 43.3 Å². The highest BCUT2D eigenvalue weighted by atomic mass is 16.1. The van der Waals surface area contributed by atoms with Crippen LogP contribution in [0.3, 0.4) is 0 Å². The second kappa shape index (κ2) is 6.48. The number of hydrogen-bond donors (Lipinski definition) is 1. The van der Waals surface area contributed by atoms with Gasteiger partial charge in [-0.1, -0.05) is 12.7 Å². The zero-order chi connectivity index (χ0) is 12.7. The average molecular weight is 232 g/mol. The van der Waals surface area contributed by atoms with E-state index in [0.29, 0.717) is 5.57 Å². The number of carbonyl (C=O) groups is 1. The Bertz CT molecular complexity index is 392. The molecule has 1 aliphatic rings. The van der Waals surface area contributed by atoms with Crippen molar-refractivity contribution in [2.45, 2.75) is 12.5 Å². The average Bonchev–Trinajstić information content (AvgIpc) is 2.80. The summed E-state index contributed by atoms with van der Waals surface area (Å²) in [6.07, 6.45) is 4.82. The van der Waals surface area contributed by atoms with Gasteiger partial charge in [0.25, 0.3) is 0 Å². The minimum absolute atomic E-state index is 0.159. The third-order valence-electron chi connectivity index (χ3n) is 2.68. The van der Waals surface area contributed by atoms with Gasteiger partial charge < -0.3 is 10.2 Å². The number of nitrogens with zero attached hydrogens (tertiary/aromatic N) is 3. The molecule has 5 nitrogen and oxygen atoms in total. The van der Waals surface area contributed by atoms with E-state index in [1.165, 1.54) is 6.08 Å². The van der Waals surface area contributed by atoms with E-state index < -0.39 is 0 Å². The number of aliphatic imine (C=N–C) groups is 1. The van der Waals surface area contributed by atoms with Gasteiger partial charge in [-0.25, -0.2) is 0 Å². The first-order valence-electron chi connectivity index (χ1n) is 5.40. The molecular weight excluding hydrogens is 216 g/mol. The highest BCUT2D eigenvalue weighted by Crippen LogP contribution is 2.11. The molecule has 1 unspecified atom stereocenters. The Kier molecular flexibility index (Phi) is 4.95. The molecule has 1 atom stereocenters. The standard InChI is InChI=1S/C12H16N4O/c1-3-10(7-13)6-12(14-2)16-5-4-11(8-16)15-9-17/h3,6,9,11H,1,4-5,8H2,2H3,(H,15,17)/b10-6+,14-12?. The Morgan fingerprint density at radius 2 is 2.47 bits per heavy atom. The SMILES string of the molecule is C=C/C(C#N)=C\C(=NC)N1CCC(NC=O)C1. The van der Waals surface area contributed by atoms with Crippen LogP contribution < -0.4 is 5.32 Å². The zero-order valence-electron chi connectivity index (χ0n) is 9.89. The van der Waals surface area contributed by atoms with Gasteiger partial charge >= 0.3 is 0 Å². The molecule has 1 N–H and O–H groups in total. The first kappa shape index (κ1) is 13.0. The molecule has 1 aliphatic heterocycles. The third kappa shape index (κ3) is 3.45. The molecule has 1 fully saturated rings. The van der Waals surface area contributed by atoms with E-state index >= 15 is 0 Å². The molecule has 0 aromatic rings. The van der Waals surface area contributed by atoms with Crippen LogP contribution in [0, 0.1) is 11.3 Å². The number of carbonyl (C=O) groups excluding carboxylic acids is 1. The van der Waals surface area contributed by atoms with E-state index in [9.17, 15) is 4.79 Å². The number of nitriles is 1. The van der Waals surface area contributed by atoms with E-state index in [4.69, 9.17) is 5.26 Å². The first-order chi connectivity index (χ1) is 8.24. The van der Waals surface area contributed by atoms with Crippen LogP contribution in [0.25, 0.3) is 0 Å². The van der Waals surface area contributed by atoms with Gasteiger partial charge in [0.2, 0.25) is 6.41 Å². The molecule has 1 rings (SSSR count). The van der Waals surface area contributed by atoms with E-state index in [0.717, 1.165) is 31.8 Å². The van der Waals surface area contributed by atoms with Crippen LogP contribution in [0.5, 0.6) is 0 Å². The van der Waals surface area contributed by atoms with Crippen molar-refractivity contribution in [3.8, 4) is 6.07 Å². The quantitative estimate of drug-likeness (QED) is 0.252. The third-order valence-corrected chi connectivity index (χ3v) is 2.68. The maximum atomic E-state index is 10.3. The van der Waals surface area contributed by atoms with Crippen LogP contribution in [0.2, 0.25) is 0 Å². The van der Waals surface area contributed by atoms with E-state index in [1.807, 2.05) is 11.0 Å². The van der Waals surface area contributed by atoms with Gasteiger partial charge in [0, 0.05) is 26.2 Å². The number of nitrogens with one attached hydrogen (secondary N) is 1. The molecule has 0 aromatic heterocycles. The van der Waals surface area contributed by atoms with E-state index in [-0.39, 0.29) is 6.04 Å². The Hall–Kier alpha value is -2.09. The lowest BCUT2D eigenvalue weighted by Crippen LogP contribution is -2.34. The predicted molar refractivity (Wildman–Crippen MR) is 66.4 cm³/mol. The molecule has 1 saturated heterocycles. The van der Waals surface area contributed by atoms with Crippen LogP contribution in [-0.2, 0) is 4.79 Å². The fraction of sp³-hybridized carbons (Fsp3) is 0.417. The first-order valence-corrected chi connectivity index (χ1v) is 5.40. The molecule has 17 heavy (non-hydrogen) atoms. The highest BCUT2D eigenvalue weighted by Gasteiger charge is 2.23. The molecule has 0 spiro atoms. The lowest BCUT2D eigenvalue weighted by molar-refractivity contribution is -0.110. The number of allylic oxidation sites excluding steroid dienone is 2. The molecular formula is C12H16N4O. The summed E-state index contributed by atoms with van der Waals surface area (Å²) in [5.74, 6) is 0.747. The summed E-state index contributed by atoms with van der Waals surface area (Å²) in [7, 11) is 1.68. The number of rotatable bonds is 4. The number of hydrogen-bond acceptors (Lipinski definition) is 3. The highest BCUT2D eigenvalue weighted by molar-refractivity contribution is 5.94. The van der Waals surface area contributed by atoms with Crippen molar-refractivity contribution in [2.75, 3.05) is 20.1 Å². The minimum Gasteiger partial charge on any atom is -0.355 e. The van der Waals surface area contributed by atoms with Gasteiger partial charge in [-0.2, -0.15) is 5.26 Å². The van der Waals surface area contributed by atoms with E-state index in [2.05, 4.69) is 16.9 Å². The molecule has 0 radical (unpaired) electrons. The minimum atomic E-state index is 0.159. The second-order valence-corrected chi connectivity index (χ2v) is 3.71. The summed E-state index contributed by atoms with van der Waals surface area (Å²) in [4.78, 5) is 16.5. The van der Waals surface area contributed by atoms with Gasteiger partial charge in [-0.3, -0.25) is 9.79 Å². The second-order valence-electron chi connectivity index (χ2n) is 3.71. The summed E-state index contributed by atoms with van der Waals surface area (Å²) in [5.41, 5.74) is 0.484. The molecule has 0 aromatic carbocycles. The van der Waals surface area contributed by atoms with Crippen molar-refractivity contribution in [2.24, 2.45) is 4.99 Å². The smallest absolute Gasteiger partial charge is 0.207 e. The Morgan fingerprint density at radius 1 is 1.71 bits per heavy atom. The van der Waals surface area contributed by atoms with Crippen LogP contribution in [0.15, 0.2) is 29.3 Å². The molecule has 5 heteroatoms. The summed E-state index contributed by atoms with van der Waals surface area (Å²) in [6.45, 7) is 5.11. The summed E-state index contributed by atoms with van der Waals surface area (Å²) in [6, 6.07) is 2.20. The van der Waals surface area contributed by atoms with Crippen molar-refractivity contribution >= 4 is 12.2 Å². The van der Waals surface area contributed by atoms with Crippen molar-refractivity contribution in [1.29, 1.82) is 5.26 Å². The van der Waals surface area contributed by atoms with Crippen LogP contribution in [0.4, 0.5) is 0 Å². The van der Waals surface area contributed by atoms with Crippen molar-refractivity contribution < 1.29 is 4.79 Å². The van der Waals surface area contributed by atoms with Gasteiger partial charge in [0.1, 0.15) is 5.84 Å². The maximum Gasteiger partial charge on any atom is 0.207 e. The monoisotopic (exact) mass is 232 g/mol. The fourth-order valence-electron chi connectivity index (χ4n) is 1.77. The molecule has 1 amide bonds. The Labute approximate surface area is 101 Å². The largest absolute Gasteiger partial charge is 0.355 e. The molecule has 1 heterocycles. The van der Waals surface area contributed by atoms with Crippen molar-refractivity contribution in [3.63, 3.8) is 0 Å². The molecule has 0 saturated carbocycles.